The Morgan fingerprint density at radius 2 is 2.00 bits per heavy atom. The molecule has 0 fully saturated rings. The second kappa shape index (κ2) is 4.89. The first-order valence-electron chi connectivity index (χ1n) is 9.33. The summed E-state index contributed by atoms with van der Waals surface area (Å²) in [6, 6.07) is 12.4. The molecule has 26 heavy (non-hydrogen) atoms. The lowest BCUT2D eigenvalue weighted by Crippen LogP contribution is -2.56. The molecule has 4 heteroatoms. The van der Waals surface area contributed by atoms with Crippen LogP contribution in [0.4, 0.5) is 11.4 Å². The Morgan fingerprint density at radius 1 is 1.23 bits per heavy atom. The third-order valence-corrected chi connectivity index (χ3v) is 6.11. The van der Waals surface area contributed by atoms with E-state index in [1.54, 1.807) is 0 Å². The van der Waals surface area contributed by atoms with Crippen molar-refractivity contribution in [3.05, 3.63) is 58.7 Å². The number of aryl methyl sites for hydroxylation is 1. The number of nitrogens with zero attached hydrogens (tertiary/aromatic N) is 1. The van der Waals surface area contributed by atoms with E-state index in [0.29, 0.717) is 12.5 Å². The molecule has 2 aromatic rings. The molecule has 2 atom stereocenters. The molecule has 4 nitrogen and oxygen atoms in total. The van der Waals surface area contributed by atoms with Gasteiger partial charge in [0.2, 0.25) is 5.72 Å². The molecule has 3 heterocycles. The zero-order valence-electron chi connectivity index (χ0n) is 15.7. The van der Waals surface area contributed by atoms with Crippen LogP contribution in [0.3, 0.4) is 0 Å². The van der Waals surface area contributed by atoms with Crippen molar-refractivity contribution in [3.8, 4) is 0 Å². The number of para-hydroxylation sites is 1. The molecule has 0 saturated carbocycles. The number of hydrogen-bond donors (Lipinski definition) is 1. The van der Waals surface area contributed by atoms with Crippen LogP contribution in [0.15, 0.2) is 36.4 Å². The molecule has 134 valence electrons. The number of amides is 1. The van der Waals surface area contributed by atoms with Crippen LogP contribution in [0.25, 0.3) is 0 Å². The van der Waals surface area contributed by atoms with Gasteiger partial charge in [0.15, 0.2) is 0 Å². The number of hydrogen-bond acceptors (Lipinski definition) is 3. The quantitative estimate of drug-likeness (QED) is 0.766. The first-order valence-corrected chi connectivity index (χ1v) is 9.33. The third-order valence-electron chi connectivity index (χ3n) is 6.11. The standard InChI is InChI=1S/C22H24N2O2/c1-13-9-16-14(2)11-21(3,4)24-19(16)17(10-13)22(20(24)25)23-18-8-6-5-7-15(18)12-26-22/h5-10,14,23H,11-12H2,1-4H3/t14-,22-/m0/s1. The van der Waals surface area contributed by atoms with Gasteiger partial charge in [0.1, 0.15) is 0 Å². The average molecular weight is 348 g/mol. The summed E-state index contributed by atoms with van der Waals surface area (Å²) < 4.78 is 6.29. The van der Waals surface area contributed by atoms with Gasteiger partial charge in [-0.25, -0.2) is 0 Å². The van der Waals surface area contributed by atoms with Crippen molar-refractivity contribution >= 4 is 17.3 Å². The minimum Gasteiger partial charge on any atom is -0.345 e. The zero-order valence-corrected chi connectivity index (χ0v) is 15.7. The van der Waals surface area contributed by atoms with E-state index in [-0.39, 0.29) is 11.4 Å². The van der Waals surface area contributed by atoms with Crippen molar-refractivity contribution in [2.75, 3.05) is 10.2 Å². The Hall–Kier alpha value is -2.33. The molecular formula is C22H24N2O2. The summed E-state index contributed by atoms with van der Waals surface area (Å²) in [5.74, 6) is 0.416. The van der Waals surface area contributed by atoms with E-state index >= 15 is 0 Å². The van der Waals surface area contributed by atoms with Gasteiger partial charge < -0.3 is 15.0 Å². The molecule has 5 rings (SSSR count). The number of nitrogens with one attached hydrogen (secondary N) is 1. The largest absolute Gasteiger partial charge is 0.345 e. The Balaban J connectivity index is 1.77. The maximum atomic E-state index is 13.7. The molecule has 3 aliphatic rings. The van der Waals surface area contributed by atoms with Crippen LogP contribution < -0.4 is 10.2 Å². The zero-order chi connectivity index (χ0) is 18.3. The molecule has 1 spiro atoms. The van der Waals surface area contributed by atoms with Gasteiger partial charge in [0.25, 0.3) is 5.91 Å². The summed E-state index contributed by atoms with van der Waals surface area (Å²) in [6.45, 7) is 9.10. The van der Waals surface area contributed by atoms with Crippen LogP contribution in [-0.2, 0) is 21.9 Å². The van der Waals surface area contributed by atoms with E-state index in [9.17, 15) is 4.79 Å². The molecule has 0 aromatic heterocycles. The molecule has 0 radical (unpaired) electrons. The lowest BCUT2D eigenvalue weighted by molar-refractivity contribution is -0.143. The summed E-state index contributed by atoms with van der Waals surface area (Å²) in [7, 11) is 0. The van der Waals surface area contributed by atoms with Gasteiger partial charge in [-0.3, -0.25) is 4.79 Å². The summed E-state index contributed by atoms with van der Waals surface area (Å²) >= 11 is 0. The smallest absolute Gasteiger partial charge is 0.285 e. The van der Waals surface area contributed by atoms with Crippen molar-refractivity contribution in [2.45, 2.75) is 57.9 Å². The Kier molecular flexibility index (Phi) is 2.99. The minimum absolute atomic E-state index is 0.00533. The number of anilines is 2. The van der Waals surface area contributed by atoms with Gasteiger partial charge in [0.05, 0.1) is 12.3 Å². The highest BCUT2D eigenvalue weighted by molar-refractivity contribution is 6.11. The van der Waals surface area contributed by atoms with Crippen molar-refractivity contribution in [1.82, 2.24) is 0 Å². The third kappa shape index (κ3) is 1.85. The van der Waals surface area contributed by atoms with Gasteiger partial charge in [-0.1, -0.05) is 36.8 Å². The highest BCUT2D eigenvalue weighted by atomic mass is 16.5. The molecule has 0 bridgehead atoms. The normalized spacial score (nSPS) is 27.9. The van der Waals surface area contributed by atoms with Crippen LogP contribution in [0.5, 0.6) is 0 Å². The molecular weight excluding hydrogens is 324 g/mol. The topological polar surface area (TPSA) is 41.6 Å². The highest BCUT2D eigenvalue weighted by Crippen LogP contribution is 2.55. The van der Waals surface area contributed by atoms with E-state index in [0.717, 1.165) is 28.9 Å². The number of ether oxygens (including phenoxy) is 1. The maximum absolute atomic E-state index is 13.7. The van der Waals surface area contributed by atoms with E-state index in [2.05, 4.69) is 45.1 Å². The number of carbonyl (C=O) groups excluding carboxylic acids is 1. The van der Waals surface area contributed by atoms with Crippen molar-refractivity contribution in [1.29, 1.82) is 0 Å². The van der Waals surface area contributed by atoms with Gasteiger partial charge in [0, 0.05) is 22.4 Å². The summed E-state index contributed by atoms with van der Waals surface area (Å²) in [4.78, 5) is 15.7. The molecule has 3 aliphatic heterocycles. The van der Waals surface area contributed by atoms with Gasteiger partial charge in [-0.2, -0.15) is 0 Å². The predicted molar refractivity (Wildman–Crippen MR) is 102 cm³/mol. The SMILES string of the molecule is Cc1cc2c3c(c1)[C@@]1(Nc4ccccc4CO1)C(=O)N3C(C)(C)C[C@@H]2C. The van der Waals surface area contributed by atoms with Crippen LogP contribution in [-0.4, -0.2) is 11.4 Å². The lowest BCUT2D eigenvalue weighted by Gasteiger charge is -2.44. The van der Waals surface area contributed by atoms with E-state index in [1.807, 2.05) is 29.2 Å². The Labute approximate surface area is 154 Å². The van der Waals surface area contributed by atoms with Crippen molar-refractivity contribution < 1.29 is 9.53 Å². The Morgan fingerprint density at radius 3 is 2.81 bits per heavy atom. The van der Waals surface area contributed by atoms with Crippen LogP contribution in [0.2, 0.25) is 0 Å². The van der Waals surface area contributed by atoms with Crippen molar-refractivity contribution in [2.24, 2.45) is 0 Å². The summed E-state index contributed by atoms with van der Waals surface area (Å²) in [6.07, 6.45) is 0.946. The minimum atomic E-state index is -1.12. The summed E-state index contributed by atoms with van der Waals surface area (Å²) in [5, 5.41) is 3.46. The highest BCUT2D eigenvalue weighted by Gasteiger charge is 2.59. The predicted octanol–water partition coefficient (Wildman–Crippen LogP) is 4.42. The fourth-order valence-corrected chi connectivity index (χ4v) is 5.04. The van der Waals surface area contributed by atoms with Gasteiger partial charge in [-0.15, -0.1) is 0 Å². The summed E-state index contributed by atoms with van der Waals surface area (Å²) in [5.41, 5.74) is 5.15. The Bertz CT molecular complexity index is 949. The molecule has 1 amide bonds. The molecule has 0 aliphatic carbocycles. The second-order valence-electron chi connectivity index (χ2n) is 8.56. The molecule has 1 N–H and O–H groups in total. The first-order chi connectivity index (χ1) is 12.3. The molecule has 2 aromatic carbocycles. The fourth-order valence-electron chi connectivity index (χ4n) is 5.04. The fraction of sp³-hybridized carbons (Fsp3) is 0.409. The van der Waals surface area contributed by atoms with Crippen LogP contribution in [0, 0.1) is 6.92 Å². The average Bonchev–Trinajstić information content (AvgIpc) is 2.82. The second-order valence-corrected chi connectivity index (χ2v) is 8.56. The first kappa shape index (κ1) is 15.9. The van der Waals surface area contributed by atoms with E-state index < -0.39 is 5.72 Å². The van der Waals surface area contributed by atoms with Gasteiger partial charge >= 0.3 is 0 Å². The monoisotopic (exact) mass is 348 g/mol. The number of rotatable bonds is 0. The van der Waals surface area contributed by atoms with Crippen molar-refractivity contribution in [3.63, 3.8) is 0 Å². The number of fused-ring (bicyclic) bond motifs is 2. The van der Waals surface area contributed by atoms with E-state index in [1.165, 1.54) is 11.1 Å². The number of carbonyl (C=O) groups is 1. The van der Waals surface area contributed by atoms with Gasteiger partial charge in [-0.05, 0) is 50.8 Å². The van der Waals surface area contributed by atoms with Crippen LogP contribution in [0.1, 0.15) is 55.4 Å². The van der Waals surface area contributed by atoms with E-state index in [4.69, 9.17) is 4.74 Å². The molecule has 0 saturated heterocycles. The lowest BCUT2D eigenvalue weighted by atomic mass is 9.79. The number of benzene rings is 2. The van der Waals surface area contributed by atoms with Crippen LogP contribution >= 0.6 is 0 Å². The molecule has 0 unspecified atom stereocenters. The maximum Gasteiger partial charge on any atom is 0.285 e.